The number of hydrogen-bond acceptors (Lipinski definition) is 5. The zero-order chi connectivity index (χ0) is 19.6. The Bertz CT molecular complexity index is 846. The van der Waals surface area contributed by atoms with Gasteiger partial charge in [-0.05, 0) is 24.3 Å². The highest BCUT2D eigenvalue weighted by molar-refractivity contribution is 7.13. The van der Waals surface area contributed by atoms with Gasteiger partial charge >= 0.3 is 5.97 Å². The monoisotopic (exact) mass is 390 g/mol. The van der Waals surface area contributed by atoms with Crippen LogP contribution in [0.3, 0.4) is 0 Å². The van der Waals surface area contributed by atoms with E-state index in [1.165, 1.54) is 21.1 Å². The van der Waals surface area contributed by atoms with Gasteiger partial charge in [-0.25, -0.2) is 0 Å². The minimum Gasteiger partial charge on any atom is -0.481 e. The number of carbonyl (C=O) groups excluding carboxylic acids is 2. The predicted molar refractivity (Wildman–Crippen MR) is 100 cm³/mol. The van der Waals surface area contributed by atoms with Crippen molar-refractivity contribution in [1.82, 2.24) is 19.6 Å². The standard InChI is InChI=1S/C18H22N4O4S/c1-20(11-15(23)22-7-3-5-12(9-22)18(25)26)17(24)13-10-21(2)19-16(13)14-6-4-8-27-14/h4,6,8,10,12H,3,5,7,9,11H2,1-2H3,(H,25,26). The number of aromatic nitrogens is 2. The zero-order valence-electron chi connectivity index (χ0n) is 15.3. The minimum atomic E-state index is -0.882. The first-order valence-electron chi connectivity index (χ1n) is 8.70. The van der Waals surface area contributed by atoms with Crippen LogP contribution in [0.5, 0.6) is 0 Å². The molecule has 0 aromatic carbocycles. The molecule has 0 spiro atoms. The fraction of sp³-hybridized carbons (Fsp3) is 0.444. The Morgan fingerprint density at radius 3 is 2.85 bits per heavy atom. The van der Waals surface area contributed by atoms with E-state index in [1.54, 1.807) is 25.0 Å². The van der Waals surface area contributed by atoms with E-state index in [1.807, 2.05) is 17.5 Å². The van der Waals surface area contributed by atoms with E-state index < -0.39 is 11.9 Å². The van der Waals surface area contributed by atoms with Gasteiger partial charge in [-0.15, -0.1) is 11.3 Å². The molecule has 1 aliphatic heterocycles. The van der Waals surface area contributed by atoms with Crippen LogP contribution in [0.25, 0.3) is 10.6 Å². The predicted octanol–water partition coefficient (Wildman–Crippen LogP) is 1.54. The Hall–Kier alpha value is -2.68. The highest BCUT2D eigenvalue weighted by Gasteiger charge is 2.30. The quantitative estimate of drug-likeness (QED) is 0.836. The van der Waals surface area contributed by atoms with E-state index in [2.05, 4.69) is 5.10 Å². The largest absolute Gasteiger partial charge is 0.481 e. The number of rotatable bonds is 5. The fourth-order valence-corrected chi connectivity index (χ4v) is 3.95. The SMILES string of the molecule is CN(CC(=O)N1CCCC(C(=O)O)C1)C(=O)c1cn(C)nc1-c1cccs1. The molecule has 2 amide bonds. The van der Waals surface area contributed by atoms with Crippen molar-refractivity contribution in [3.05, 3.63) is 29.3 Å². The van der Waals surface area contributed by atoms with E-state index in [0.29, 0.717) is 30.6 Å². The summed E-state index contributed by atoms with van der Waals surface area (Å²) in [6, 6.07) is 3.79. The van der Waals surface area contributed by atoms with E-state index in [9.17, 15) is 14.4 Å². The van der Waals surface area contributed by atoms with Crippen molar-refractivity contribution in [2.75, 3.05) is 26.7 Å². The molecule has 1 N–H and O–H groups in total. The molecule has 1 fully saturated rings. The van der Waals surface area contributed by atoms with Gasteiger partial charge in [-0.2, -0.15) is 5.10 Å². The third kappa shape index (κ3) is 4.19. The van der Waals surface area contributed by atoms with Crippen molar-refractivity contribution >= 4 is 29.1 Å². The molecule has 2 aromatic rings. The molecule has 1 saturated heterocycles. The lowest BCUT2D eigenvalue weighted by Gasteiger charge is -2.32. The summed E-state index contributed by atoms with van der Waals surface area (Å²) in [5.74, 6) is -1.94. The Labute approximate surface area is 161 Å². The topological polar surface area (TPSA) is 95.7 Å². The first-order chi connectivity index (χ1) is 12.9. The molecule has 27 heavy (non-hydrogen) atoms. The Balaban J connectivity index is 1.70. The summed E-state index contributed by atoms with van der Waals surface area (Å²) in [6.07, 6.45) is 2.89. The molecule has 9 heteroatoms. The van der Waals surface area contributed by atoms with Gasteiger partial charge in [0, 0.05) is 33.4 Å². The second kappa shape index (κ2) is 7.91. The van der Waals surface area contributed by atoms with Gasteiger partial charge in [0.25, 0.3) is 5.91 Å². The van der Waals surface area contributed by atoms with Crippen LogP contribution in [0, 0.1) is 5.92 Å². The highest BCUT2D eigenvalue weighted by atomic mass is 32.1. The number of amides is 2. The molecule has 1 aliphatic rings. The maximum absolute atomic E-state index is 12.9. The molecule has 0 bridgehead atoms. The first-order valence-corrected chi connectivity index (χ1v) is 9.58. The molecule has 3 rings (SSSR count). The molecule has 8 nitrogen and oxygen atoms in total. The van der Waals surface area contributed by atoms with Crippen LogP contribution in [0.15, 0.2) is 23.7 Å². The third-order valence-corrected chi connectivity index (χ3v) is 5.53. The Kier molecular flexibility index (Phi) is 5.59. The van der Waals surface area contributed by atoms with Crippen LogP contribution >= 0.6 is 11.3 Å². The number of aryl methyl sites for hydroxylation is 1. The normalized spacial score (nSPS) is 17.0. The summed E-state index contributed by atoms with van der Waals surface area (Å²) in [5.41, 5.74) is 1.04. The van der Waals surface area contributed by atoms with Gasteiger partial charge in [0.1, 0.15) is 5.69 Å². The third-order valence-electron chi connectivity index (χ3n) is 4.66. The van der Waals surface area contributed by atoms with E-state index in [0.717, 1.165) is 4.88 Å². The van der Waals surface area contributed by atoms with Crippen LogP contribution < -0.4 is 0 Å². The molecular formula is C18H22N4O4S. The smallest absolute Gasteiger partial charge is 0.308 e. The number of aliphatic carboxylic acids is 1. The lowest BCUT2D eigenvalue weighted by atomic mass is 9.98. The summed E-state index contributed by atoms with van der Waals surface area (Å²) >= 11 is 1.49. The van der Waals surface area contributed by atoms with Crippen LogP contribution in [0.2, 0.25) is 0 Å². The number of likely N-dealkylation sites (N-methyl/N-ethyl adjacent to an activating group) is 1. The van der Waals surface area contributed by atoms with Crippen molar-refractivity contribution < 1.29 is 19.5 Å². The zero-order valence-corrected chi connectivity index (χ0v) is 16.1. The number of thiophene rings is 1. The number of carboxylic acids is 1. The summed E-state index contributed by atoms with van der Waals surface area (Å²) in [7, 11) is 3.32. The van der Waals surface area contributed by atoms with Crippen LogP contribution in [0.4, 0.5) is 0 Å². The van der Waals surface area contributed by atoms with Crippen LogP contribution in [-0.2, 0) is 16.6 Å². The summed E-state index contributed by atoms with van der Waals surface area (Å²) in [4.78, 5) is 40.4. The fourth-order valence-electron chi connectivity index (χ4n) is 3.23. The van der Waals surface area contributed by atoms with Gasteiger partial charge in [0.15, 0.2) is 0 Å². The second-order valence-corrected chi connectivity index (χ2v) is 7.67. The number of hydrogen-bond donors (Lipinski definition) is 1. The molecule has 1 unspecified atom stereocenters. The molecule has 144 valence electrons. The lowest BCUT2D eigenvalue weighted by Crippen LogP contribution is -2.46. The maximum Gasteiger partial charge on any atom is 0.308 e. The number of nitrogens with zero attached hydrogens (tertiary/aromatic N) is 4. The van der Waals surface area contributed by atoms with Crippen molar-refractivity contribution in [2.24, 2.45) is 13.0 Å². The van der Waals surface area contributed by atoms with Crippen LogP contribution in [0.1, 0.15) is 23.2 Å². The van der Waals surface area contributed by atoms with Crippen molar-refractivity contribution in [2.45, 2.75) is 12.8 Å². The molecule has 0 radical (unpaired) electrons. The average Bonchev–Trinajstić information content (AvgIpc) is 3.30. The maximum atomic E-state index is 12.9. The molecule has 2 aromatic heterocycles. The van der Waals surface area contributed by atoms with Gasteiger partial charge < -0.3 is 14.9 Å². The molecular weight excluding hydrogens is 368 g/mol. The van der Waals surface area contributed by atoms with Crippen molar-refractivity contribution in [3.63, 3.8) is 0 Å². The molecule has 1 atom stereocenters. The summed E-state index contributed by atoms with van der Waals surface area (Å²) < 4.78 is 1.58. The number of carboxylic acid groups (broad SMARTS) is 1. The Morgan fingerprint density at radius 1 is 1.41 bits per heavy atom. The molecule has 0 saturated carbocycles. The van der Waals surface area contributed by atoms with Crippen molar-refractivity contribution in [3.8, 4) is 10.6 Å². The summed E-state index contributed by atoms with van der Waals surface area (Å²) in [6.45, 7) is 0.630. The van der Waals surface area contributed by atoms with E-state index in [-0.39, 0.29) is 24.9 Å². The minimum absolute atomic E-state index is 0.0933. The first kappa shape index (κ1) is 19.1. The molecule has 3 heterocycles. The van der Waals surface area contributed by atoms with Gasteiger partial charge in [0.05, 0.1) is 22.9 Å². The molecule has 0 aliphatic carbocycles. The lowest BCUT2D eigenvalue weighted by molar-refractivity contribution is -0.145. The number of likely N-dealkylation sites (tertiary alicyclic amines) is 1. The number of carbonyl (C=O) groups is 3. The van der Waals surface area contributed by atoms with E-state index in [4.69, 9.17) is 5.11 Å². The Morgan fingerprint density at radius 2 is 2.19 bits per heavy atom. The van der Waals surface area contributed by atoms with Crippen LogP contribution in [-0.4, -0.2) is 69.2 Å². The highest BCUT2D eigenvalue weighted by Crippen LogP contribution is 2.27. The van der Waals surface area contributed by atoms with Crippen molar-refractivity contribution in [1.29, 1.82) is 0 Å². The van der Waals surface area contributed by atoms with Gasteiger partial charge in [0.2, 0.25) is 5.91 Å². The van der Waals surface area contributed by atoms with Gasteiger partial charge in [-0.1, -0.05) is 6.07 Å². The van der Waals surface area contributed by atoms with E-state index >= 15 is 0 Å². The average molecular weight is 390 g/mol. The summed E-state index contributed by atoms with van der Waals surface area (Å²) in [5, 5.41) is 15.5. The van der Waals surface area contributed by atoms with Gasteiger partial charge in [-0.3, -0.25) is 19.1 Å². The number of piperidine rings is 1. The second-order valence-electron chi connectivity index (χ2n) is 6.72.